The number of hydrogen-bond acceptors (Lipinski definition) is 11. The number of anilines is 2. The van der Waals surface area contributed by atoms with E-state index in [4.69, 9.17) is 4.74 Å². The maximum Gasteiger partial charge on any atom is 0.586 e. The lowest BCUT2D eigenvalue weighted by molar-refractivity contribution is -0.286. The molecule has 4 bridgehead atoms. The van der Waals surface area contributed by atoms with Gasteiger partial charge in [0.25, 0.3) is 11.8 Å². The molecule has 0 atom stereocenters. The van der Waals surface area contributed by atoms with Crippen molar-refractivity contribution in [3.05, 3.63) is 35.5 Å². The summed E-state index contributed by atoms with van der Waals surface area (Å²) in [7, 11) is -1.60. The van der Waals surface area contributed by atoms with Crippen LogP contribution in [0.25, 0.3) is 0 Å². The standard InChI is InChI=1S/C30H30F2N6O7S/c1-43-19-2-3-34-23(36-28-13-29(14-28,15-28)38-4-6-46(41,42)7-5-38)22(19)25(40)35-18-9-21-20(44-30(31,32)45-21)8-17(18)24(39)37-27-10-26(11-27,12-27)16-33/h2-3,8-9H,4-7,10-15H2,1H3,(H,34,36)(H,35,40)(H,37,39). The summed E-state index contributed by atoms with van der Waals surface area (Å²) in [5, 5.41) is 18.3. The Labute approximate surface area is 262 Å². The van der Waals surface area contributed by atoms with E-state index in [9.17, 15) is 32.0 Å². The number of carbonyl (C=O) groups is 2. The molecule has 1 aromatic carbocycles. The van der Waals surface area contributed by atoms with Crippen molar-refractivity contribution in [2.75, 3.05) is 42.3 Å². The van der Waals surface area contributed by atoms with E-state index >= 15 is 0 Å². The van der Waals surface area contributed by atoms with Gasteiger partial charge < -0.3 is 30.2 Å². The van der Waals surface area contributed by atoms with Gasteiger partial charge in [0, 0.05) is 42.0 Å². The predicted octanol–water partition coefficient (Wildman–Crippen LogP) is 2.66. The van der Waals surface area contributed by atoms with Gasteiger partial charge in [0.1, 0.15) is 17.1 Å². The number of amides is 2. The number of halogens is 2. The summed E-state index contributed by atoms with van der Waals surface area (Å²) in [4.78, 5) is 34.1. The normalized spacial score (nSPS) is 33.5. The van der Waals surface area contributed by atoms with Crippen LogP contribution in [-0.4, -0.2) is 84.7 Å². The highest BCUT2D eigenvalue weighted by molar-refractivity contribution is 7.91. The topological polar surface area (TPSA) is 172 Å². The molecule has 8 aliphatic rings. The number of hydrogen-bond donors (Lipinski definition) is 3. The Morgan fingerprint density at radius 2 is 1.67 bits per heavy atom. The van der Waals surface area contributed by atoms with Crippen LogP contribution in [0.4, 0.5) is 20.3 Å². The first-order valence-corrected chi connectivity index (χ1v) is 16.8. The molecule has 13 nitrogen and oxygen atoms in total. The number of nitriles is 1. The summed E-state index contributed by atoms with van der Waals surface area (Å²) < 4.78 is 66.4. The number of carbonyl (C=O) groups excluding carboxylic acids is 2. The van der Waals surface area contributed by atoms with Crippen molar-refractivity contribution >= 4 is 33.2 Å². The van der Waals surface area contributed by atoms with E-state index in [0.717, 1.165) is 31.4 Å². The molecule has 2 aromatic rings. The highest BCUT2D eigenvalue weighted by Gasteiger charge is 2.71. The largest absolute Gasteiger partial charge is 0.586 e. The number of pyridine rings is 1. The van der Waals surface area contributed by atoms with Gasteiger partial charge in [-0.15, -0.1) is 8.78 Å². The van der Waals surface area contributed by atoms with Gasteiger partial charge in [-0.2, -0.15) is 5.26 Å². The molecule has 6 saturated carbocycles. The van der Waals surface area contributed by atoms with Gasteiger partial charge in [-0.1, -0.05) is 0 Å². The van der Waals surface area contributed by atoms with E-state index in [1.165, 1.54) is 19.4 Å². The molecule has 2 amide bonds. The first kappa shape index (κ1) is 29.2. The Bertz CT molecular complexity index is 1830. The number of nitrogens with one attached hydrogen (secondary N) is 3. The van der Waals surface area contributed by atoms with E-state index in [0.29, 0.717) is 32.4 Å². The fourth-order valence-corrected chi connectivity index (χ4v) is 9.59. The Balaban J connectivity index is 1.04. The molecule has 0 unspecified atom stereocenters. The van der Waals surface area contributed by atoms with Crippen molar-refractivity contribution in [2.45, 2.75) is 61.4 Å². The molecule has 10 rings (SSSR count). The van der Waals surface area contributed by atoms with Crippen molar-refractivity contribution in [3.63, 3.8) is 0 Å². The second-order valence-electron chi connectivity index (χ2n) is 13.7. The van der Waals surface area contributed by atoms with Crippen LogP contribution in [0.15, 0.2) is 24.4 Å². The lowest BCUT2D eigenvalue weighted by atomic mass is 9.40. The average molecular weight is 657 g/mol. The molecule has 1 aromatic heterocycles. The van der Waals surface area contributed by atoms with E-state index < -0.39 is 38.9 Å². The van der Waals surface area contributed by atoms with Gasteiger partial charge in [0.15, 0.2) is 21.3 Å². The third kappa shape index (κ3) is 4.38. The Hall–Kier alpha value is -4.23. The molecule has 2 aliphatic heterocycles. The number of aromatic nitrogens is 1. The molecule has 3 heterocycles. The van der Waals surface area contributed by atoms with E-state index in [1.807, 2.05) is 0 Å². The second kappa shape index (κ2) is 9.19. The van der Waals surface area contributed by atoms with Crippen molar-refractivity contribution in [1.82, 2.24) is 15.2 Å². The van der Waals surface area contributed by atoms with Crippen LogP contribution >= 0.6 is 0 Å². The number of methoxy groups -OCH3 is 1. The van der Waals surface area contributed by atoms with Gasteiger partial charge in [-0.3, -0.25) is 14.5 Å². The molecule has 3 N–H and O–H groups in total. The van der Waals surface area contributed by atoms with Gasteiger partial charge in [-0.25, -0.2) is 13.4 Å². The molecule has 46 heavy (non-hydrogen) atoms. The molecule has 242 valence electrons. The number of ether oxygens (including phenoxy) is 3. The summed E-state index contributed by atoms with van der Waals surface area (Å²) in [6.07, 6.45) is 1.31. The number of benzene rings is 1. The average Bonchev–Trinajstić information content (AvgIpc) is 3.23. The molecule has 16 heteroatoms. The monoisotopic (exact) mass is 656 g/mol. The fraction of sp³-hybridized carbons (Fsp3) is 0.533. The minimum atomic E-state index is -3.95. The zero-order valence-electron chi connectivity index (χ0n) is 24.7. The fourth-order valence-electron chi connectivity index (χ4n) is 8.39. The summed E-state index contributed by atoms with van der Waals surface area (Å²) in [5.41, 5.74) is -1.55. The Morgan fingerprint density at radius 1 is 1.02 bits per heavy atom. The third-order valence-corrected chi connectivity index (χ3v) is 12.1. The van der Waals surface area contributed by atoms with E-state index in [2.05, 4.69) is 41.4 Å². The number of nitrogens with zero attached hydrogens (tertiary/aromatic N) is 3. The Kier molecular flexibility index (Phi) is 5.83. The predicted molar refractivity (Wildman–Crippen MR) is 157 cm³/mol. The van der Waals surface area contributed by atoms with Crippen molar-refractivity contribution in [2.24, 2.45) is 5.41 Å². The van der Waals surface area contributed by atoms with Crippen LogP contribution in [-0.2, 0) is 9.84 Å². The number of sulfone groups is 1. The lowest BCUT2D eigenvalue weighted by Gasteiger charge is -2.74. The second-order valence-corrected chi connectivity index (χ2v) is 16.0. The highest BCUT2D eigenvalue weighted by Crippen LogP contribution is 2.67. The van der Waals surface area contributed by atoms with Crippen LogP contribution in [0.5, 0.6) is 17.2 Å². The minimum absolute atomic E-state index is 0.0533. The zero-order valence-corrected chi connectivity index (χ0v) is 25.6. The first-order chi connectivity index (χ1) is 21.7. The Morgan fingerprint density at radius 3 is 2.30 bits per heavy atom. The number of rotatable bonds is 8. The van der Waals surface area contributed by atoms with Crippen molar-refractivity contribution < 1.29 is 41.0 Å². The van der Waals surface area contributed by atoms with E-state index in [-0.39, 0.29) is 62.5 Å². The maximum absolute atomic E-state index is 14.0. The van der Waals surface area contributed by atoms with Crippen molar-refractivity contribution in [3.8, 4) is 23.3 Å². The zero-order chi connectivity index (χ0) is 32.3. The number of fused-ring (bicyclic) bond motifs is 1. The highest BCUT2D eigenvalue weighted by atomic mass is 32.2. The quantitative estimate of drug-likeness (QED) is 0.382. The van der Waals surface area contributed by atoms with Crippen LogP contribution in [0.2, 0.25) is 0 Å². The SMILES string of the molecule is COc1ccnc(NC23CC(N4CCS(=O)(=O)CC4)(C2)C3)c1C(=O)Nc1cc2c(cc1C(=O)NC13CC(C#N)(C1)C3)OC(F)(F)O2. The van der Waals surface area contributed by atoms with Gasteiger partial charge in [0.05, 0.1) is 41.4 Å². The van der Waals surface area contributed by atoms with Crippen LogP contribution in [0.3, 0.4) is 0 Å². The third-order valence-electron chi connectivity index (χ3n) is 10.4. The van der Waals surface area contributed by atoms with Gasteiger partial charge >= 0.3 is 6.29 Å². The van der Waals surface area contributed by atoms with E-state index in [1.54, 1.807) is 0 Å². The molecule has 6 aliphatic carbocycles. The van der Waals surface area contributed by atoms with Gasteiger partial charge in [-0.05, 0) is 50.7 Å². The summed E-state index contributed by atoms with van der Waals surface area (Å²) in [6.45, 7) is 1.00. The first-order valence-electron chi connectivity index (χ1n) is 15.0. The molecular formula is C30H30F2N6O7S. The number of alkyl halides is 2. The molecule has 1 saturated heterocycles. The lowest BCUT2D eigenvalue weighted by Crippen LogP contribution is -2.82. The van der Waals surface area contributed by atoms with Gasteiger partial charge in [0.2, 0.25) is 0 Å². The molecular weight excluding hydrogens is 626 g/mol. The van der Waals surface area contributed by atoms with Crippen molar-refractivity contribution in [1.29, 1.82) is 5.26 Å². The summed E-state index contributed by atoms with van der Waals surface area (Å²) in [6, 6.07) is 5.99. The molecule has 0 radical (unpaired) electrons. The maximum atomic E-state index is 14.0. The van der Waals surface area contributed by atoms with Crippen LogP contribution < -0.4 is 30.2 Å². The summed E-state index contributed by atoms with van der Waals surface area (Å²) in [5.74, 6) is -1.29. The van der Waals surface area contributed by atoms with Crippen LogP contribution in [0.1, 0.15) is 59.2 Å². The minimum Gasteiger partial charge on any atom is -0.496 e. The molecule has 7 fully saturated rings. The van der Waals surface area contributed by atoms with Crippen LogP contribution in [0, 0.1) is 16.7 Å². The summed E-state index contributed by atoms with van der Waals surface area (Å²) >= 11 is 0. The smallest absolute Gasteiger partial charge is 0.496 e. The molecule has 0 spiro atoms.